The topological polar surface area (TPSA) is 67.2 Å². The van der Waals surface area contributed by atoms with Gasteiger partial charge in [-0.05, 0) is 42.0 Å². The largest absolute Gasteiger partial charge is 0.469 e. The lowest BCUT2D eigenvalue weighted by Gasteiger charge is -2.13. The van der Waals surface area contributed by atoms with Crippen LogP contribution in [0.15, 0.2) is 18.2 Å². The van der Waals surface area contributed by atoms with Crippen LogP contribution in [0, 0.1) is 22.6 Å². The Kier molecular flexibility index (Phi) is 4.73. The highest BCUT2D eigenvalue weighted by Crippen LogP contribution is 2.49. The molecule has 6 heteroatoms. The molecule has 1 unspecified atom stereocenters. The summed E-state index contributed by atoms with van der Waals surface area (Å²) in [6.45, 7) is 0. The van der Waals surface area contributed by atoms with E-state index in [2.05, 4.69) is 4.74 Å². The number of hydrogen-bond acceptors (Lipinski definition) is 4. The number of nitrogens with zero attached hydrogens (tertiary/aromatic N) is 1. The molecule has 1 aromatic carbocycles. The van der Waals surface area contributed by atoms with Crippen molar-refractivity contribution in [1.29, 1.82) is 5.26 Å². The van der Waals surface area contributed by atoms with E-state index in [1.807, 2.05) is 6.07 Å². The Morgan fingerprint density at radius 3 is 2.76 bits per heavy atom. The number of halogens is 1. The van der Waals surface area contributed by atoms with Crippen molar-refractivity contribution in [1.82, 2.24) is 0 Å². The minimum atomic E-state index is -1.20. The number of benzene rings is 1. The zero-order valence-corrected chi connectivity index (χ0v) is 12.5. The van der Waals surface area contributed by atoms with Crippen LogP contribution in [-0.4, -0.2) is 23.0 Å². The Bertz CT molecular complexity index is 620. The Morgan fingerprint density at radius 1 is 1.48 bits per heavy atom. The number of hydrogen-bond donors (Lipinski definition) is 0. The van der Waals surface area contributed by atoms with Gasteiger partial charge in [-0.2, -0.15) is 5.26 Å². The molecule has 4 nitrogen and oxygen atoms in total. The molecule has 0 N–H and O–H groups in total. The Morgan fingerprint density at radius 2 is 2.19 bits per heavy atom. The van der Waals surface area contributed by atoms with Gasteiger partial charge in [-0.15, -0.1) is 0 Å². The maximum atomic E-state index is 13.3. The highest BCUT2D eigenvalue weighted by molar-refractivity contribution is 7.84. The molecule has 21 heavy (non-hydrogen) atoms. The summed E-state index contributed by atoms with van der Waals surface area (Å²) >= 11 is 0. The first kappa shape index (κ1) is 15.6. The molecule has 2 rings (SSSR count). The zero-order valence-electron chi connectivity index (χ0n) is 11.7. The van der Waals surface area contributed by atoms with Gasteiger partial charge in [0.2, 0.25) is 0 Å². The predicted octanol–water partition coefficient (Wildman–Crippen LogP) is 2.29. The average Bonchev–Trinajstić information content (AvgIpc) is 3.16. The maximum Gasteiger partial charge on any atom is 0.306 e. The molecule has 1 atom stereocenters. The van der Waals surface area contributed by atoms with Crippen LogP contribution in [-0.2, 0) is 26.1 Å². The second-order valence-corrected chi connectivity index (χ2v) is 6.90. The third-order valence-corrected chi connectivity index (χ3v) is 5.18. The molecule has 112 valence electrons. The average molecular weight is 309 g/mol. The van der Waals surface area contributed by atoms with E-state index in [1.54, 1.807) is 6.07 Å². The van der Waals surface area contributed by atoms with Crippen LogP contribution in [0.2, 0.25) is 0 Å². The lowest BCUT2D eigenvalue weighted by molar-refractivity contribution is -0.141. The van der Waals surface area contributed by atoms with E-state index in [0.29, 0.717) is 11.3 Å². The first-order chi connectivity index (χ1) is 9.96. The molecular formula is C15H16FNO3S. The second-order valence-electron chi connectivity index (χ2n) is 5.44. The summed E-state index contributed by atoms with van der Waals surface area (Å²) in [6.07, 6.45) is 2.00. The SMILES string of the molecule is COC(=O)CC1(CS(=O)Cc2cc(F)cc(C#N)c2)CC1. The van der Waals surface area contributed by atoms with Crippen molar-refractivity contribution < 1.29 is 18.1 Å². The van der Waals surface area contributed by atoms with E-state index in [9.17, 15) is 13.4 Å². The Labute approximate surface area is 125 Å². The Hall–Kier alpha value is -1.74. The minimum Gasteiger partial charge on any atom is -0.469 e. The smallest absolute Gasteiger partial charge is 0.306 e. The summed E-state index contributed by atoms with van der Waals surface area (Å²) in [7, 11) is 0.140. The molecule has 0 heterocycles. The molecule has 0 saturated heterocycles. The normalized spacial score (nSPS) is 16.8. The molecule has 1 saturated carbocycles. The maximum absolute atomic E-state index is 13.3. The number of methoxy groups -OCH3 is 1. The number of nitriles is 1. The van der Waals surface area contributed by atoms with E-state index in [4.69, 9.17) is 5.26 Å². The molecule has 1 aliphatic rings. The van der Waals surface area contributed by atoms with Crippen LogP contribution in [0.1, 0.15) is 30.4 Å². The summed E-state index contributed by atoms with van der Waals surface area (Å²) in [6, 6.07) is 5.85. The number of ether oxygens (including phenoxy) is 1. The van der Waals surface area contributed by atoms with Gasteiger partial charge in [-0.3, -0.25) is 9.00 Å². The molecule has 0 radical (unpaired) electrons. The quantitative estimate of drug-likeness (QED) is 0.756. The van der Waals surface area contributed by atoms with Crippen LogP contribution in [0.5, 0.6) is 0 Å². The van der Waals surface area contributed by atoms with Gasteiger partial charge >= 0.3 is 5.97 Å². The molecule has 0 aromatic heterocycles. The monoisotopic (exact) mass is 309 g/mol. The molecule has 1 fully saturated rings. The van der Waals surface area contributed by atoms with Crippen LogP contribution < -0.4 is 0 Å². The fourth-order valence-electron chi connectivity index (χ4n) is 2.30. The van der Waals surface area contributed by atoms with Gasteiger partial charge in [-0.25, -0.2) is 4.39 Å². The van der Waals surface area contributed by atoms with E-state index in [-0.39, 0.29) is 29.1 Å². The van der Waals surface area contributed by atoms with Gasteiger partial charge in [0, 0.05) is 22.3 Å². The zero-order chi connectivity index (χ0) is 15.5. The number of rotatable bonds is 6. The number of carbonyl (C=O) groups excluding carboxylic acids is 1. The molecular weight excluding hydrogens is 293 g/mol. The highest BCUT2D eigenvalue weighted by Gasteiger charge is 2.45. The first-order valence-corrected chi connectivity index (χ1v) is 8.06. The molecule has 1 aliphatic carbocycles. The van der Waals surface area contributed by atoms with E-state index in [0.717, 1.165) is 18.9 Å². The lowest BCUT2D eigenvalue weighted by Crippen LogP contribution is -2.18. The van der Waals surface area contributed by atoms with Gasteiger partial charge in [0.25, 0.3) is 0 Å². The molecule has 0 aliphatic heterocycles. The molecule has 0 amide bonds. The van der Waals surface area contributed by atoms with Crippen LogP contribution >= 0.6 is 0 Å². The molecule has 0 spiro atoms. The lowest BCUT2D eigenvalue weighted by atomic mass is 10.1. The van der Waals surface area contributed by atoms with Gasteiger partial charge < -0.3 is 4.74 Å². The summed E-state index contributed by atoms with van der Waals surface area (Å²) in [4.78, 5) is 11.3. The van der Waals surface area contributed by atoms with E-state index in [1.165, 1.54) is 13.2 Å². The van der Waals surface area contributed by atoms with Crippen molar-refractivity contribution in [3.05, 3.63) is 35.1 Å². The summed E-state index contributed by atoms with van der Waals surface area (Å²) in [5, 5.41) is 8.80. The Balaban J connectivity index is 1.98. The van der Waals surface area contributed by atoms with Crippen LogP contribution in [0.25, 0.3) is 0 Å². The number of carbonyl (C=O) groups is 1. The van der Waals surface area contributed by atoms with Crippen molar-refractivity contribution in [2.24, 2.45) is 5.41 Å². The second kappa shape index (κ2) is 6.35. The van der Waals surface area contributed by atoms with Crippen molar-refractivity contribution in [3.8, 4) is 6.07 Å². The molecule has 0 bridgehead atoms. The minimum absolute atomic E-state index is 0.190. The van der Waals surface area contributed by atoms with Gasteiger partial charge in [0.05, 0.1) is 25.2 Å². The van der Waals surface area contributed by atoms with Crippen LogP contribution in [0.4, 0.5) is 4.39 Å². The third kappa shape index (κ3) is 4.36. The summed E-state index contributed by atoms with van der Waals surface area (Å²) in [5.74, 6) is -0.200. The van der Waals surface area contributed by atoms with Crippen molar-refractivity contribution >= 4 is 16.8 Å². The van der Waals surface area contributed by atoms with E-state index >= 15 is 0 Å². The van der Waals surface area contributed by atoms with Gasteiger partial charge in [0.15, 0.2) is 0 Å². The third-order valence-electron chi connectivity index (χ3n) is 3.59. The molecule has 1 aromatic rings. The van der Waals surface area contributed by atoms with Crippen molar-refractivity contribution in [3.63, 3.8) is 0 Å². The van der Waals surface area contributed by atoms with Gasteiger partial charge in [0.1, 0.15) is 5.82 Å². The van der Waals surface area contributed by atoms with Gasteiger partial charge in [-0.1, -0.05) is 0 Å². The standard InChI is InChI=1S/C15H16FNO3S/c1-20-14(18)7-15(2-3-15)10-21(19)9-12-4-11(8-17)5-13(16)6-12/h4-6H,2-3,7,9-10H2,1H3. The highest BCUT2D eigenvalue weighted by atomic mass is 32.2. The summed E-state index contributed by atoms with van der Waals surface area (Å²) in [5.41, 5.74) is 0.542. The van der Waals surface area contributed by atoms with E-state index < -0.39 is 16.6 Å². The summed E-state index contributed by atoms with van der Waals surface area (Å²) < 4.78 is 30.2. The first-order valence-electron chi connectivity index (χ1n) is 6.58. The fourth-order valence-corrected chi connectivity index (χ4v) is 4.02. The predicted molar refractivity (Wildman–Crippen MR) is 76.1 cm³/mol. The fraction of sp³-hybridized carbons (Fsp3) is 0.467. The van der Waals surface area contributed by atoms with Crippen molar-refractivity contribution in [2.75, 3.05) is 12.9 Å². The number of esters is 1. The van der Waals surface area contributed by atoms with Crippen molar-refractivity contribution in [2.45, 2.75) is 25.0 Å². The van der Waals surface area contributed by atoms with Crippen LogP contribution in [0.3, 0.4) is 0 Å².